The monoisotopic (exact) mass is 284 g/mol. The summed E-state index contributed by atoms with van der Waals surface area (Å²) < 4.78 is 4.38. The molecule has 0 radical (unpaired) electrons. The molecule has 1 aromatic carbocycles. The van der Waals surface area contributed by atoms with Gasteiger partial charge in [0.25, 0.3) is 0 Å². The van der Waals surface area contributed by atoms with Crippen LogP contribution in [0.5, 0.6) is 0 Å². The van der Waals surface area contributed by atoms with Crippen LogP contribution in [-0.2, 0) is 16.1 Å². The Bertz CT molecular complexity index is 465. The SMILES string of the molecule is COC(=O)NC(=O)[C@H](C)N(C)Cc1ccccc1Cl. The number of rotatable bonds is 4. The van der Waals surface area contributed by atoms with Crippen molar-refractivity contribution in [2.75, 3.05) is 14.2 Å². The molecule has 1 rings (SSSR count). The summed E-state index contributed by atoms with van der Waals surface area (Å²) >= 11 is 6.06. The molecular weight excluding hydrogens is 268 g/mol. The van der Waals surface area contributed by atoms with Crippen molar-refractivity contribution in [2.24, 2.45) is 0 Å². The number of hydrogen-bond acceptors (Lipinski definition) is 4. The number of alkyl carbamates (subject to hydrolysis) is 1. The molecule has 19 heavy (non-hydrogen) atoms. The summed E-state index contributed by atoms with van der Waals surface area (Å²) in [5.74, 6) is -0.415. The number of benzene rings is 1. The molecule has 5 nitrogen and oxygen atoms in total. The lowest BCUT2D eigenvalue weighted by molar-refractivity contribution is -0.124. The van der Waals surface area contributed by atoms with E-state index in [1.54, 1.807) is 24.9 Å². The van der Waals surface area contributed by atoms with Gasteiger partial charge in [-0.25, -0.2) is 4.79 Å². The van der Waals surface area contributed by atoms with Crippen LogP contribution in [0.15, 0.2) is 24.3 Å². The number of likely N-dealkylation sites (N-methyl/N-ethyl adjacent to an activating group) is 1. The van der Waals surface area contributed by atoms with Gasteiger partial charge in [0.2, 0.25) is 5.91 Å². The lowest BCUT2D eigenvalue weighted by Crippen LogP contribution is -2.45. The number of hydrogen-bond donors (Lipinski definition) is 1. The van der Waals surface area contributed by atoms with E-state index in [1.165, 1.54) is 7.11 Å². The molecule has 0 bridgehead atoms. The minimum absolute atomic E-state index is 0.415. The van der Waals surface area contributed by atoms with Crippen LogP contribution in [0.4, 0.5) is 4.79 Å². The predicted molar refractivity (Wildman–Crippen MR) is 72.9 cm³/mol. The quantitative estimate of drug-likeness (QED) is 0.919. The van der Waals surface area contributed by atoms with Gasteiger partial charge in [0.05, 0.1) is 13.2 Å². The van der Waals surface area contributed by atoms with E-state index in [2.05, 4.69) is 10.1 Å². The van der Waals surface area contributed by atoms with Crippen LogP contribution in [0.1, 0.15) is 12.5 Å². The highest BCUT2D eigenvalue weighted by molar-refractivity contribution is 6.31. The van der Waals surface area contributed by atoms with Crippen molar-refractivity contribution in [2.45, 2.75) is 19.5 Å². The summed E-state index contributed by atoms with van der Waals surface area (Å²) in [5.41, 5.74) is 0.921. The average Bonchev–Trinajstić information content (AvgIpc) is 2.40. The molecule has 0 fully saturated rings. The maximum atomic E-state index is 11.7. The molecule has 0 heterocycles. The van der Waals surface area contributed by atoms with Gasteiger partial charge in [0.1, 0.15) is 0 Å². The minimum Gasteiger partial charge on any atom is -0.453 e. The van der Waals surface area contributed by atoms with Crippen molar-refractivity contribution in [1.82, 2.24) is 10.2 Å². The van der Waals surface area contributed by atoms with E-state index in [1.807, 2.05) is 18.2 Å². The van der Waals surface area contributed by atoms with Gasteiger partial charge in [0, 0.05) is 11.6 Å². The van der Waals surface area contributed by atoms with Crippen molar-refractivity contribution < 1.29 is 14.3 Å². The number of ether oxygens (including phenoxy) is 1. The second-order valence-corrected chi connectivity index (χ2v) is 4.57. The van der Waals surface area contributed by atoms with Crippen molar-refractivity contribution >= 4 is 23.6 Å². The number of nitrogens with one attached hydrogen (secondary N) is 1. The summed E-state index contributed by atoms with van der Waals surface area (Å²) in [5, 5.41) is 2.78. The van der Waals surface area contributed by atoms with Crippen LogP contribution < -0.4 is 5.32 Å². The Morgan fingerprint density at radius 1 is 1.42 bits per heavy atom. The van der Waals surface area contributed by atoms with E-state index >= 15 is 0 Å². The Kier molecular flexibility index (Phi) is 5.79. The van der Waals surface area contributed by atoms with E-state index < -0.39 is 18.0 Å². The molecule has 0 aliphatic heterocycles. The van der Waals surface area contributed by atoms with E-state index in [0.29, 0.717) is 11.6 Å². The molecule has 0 saturated carbocycles. The number of amides is 2. The van der Waals surface area contributed by atoms with Crippen molar-refractivity contribution in [3.8, 4) is 0 Å². The topological polar surface area (TPSA) is 58.6 Å². The van der Waals surface area contributed by atoms with Gasteiger partial charge in [-0.15, -0.1) is 0 Å². The number of imide groups is 1. The van der Waals surface area contributed by atoms with Crippen LogP contribution in [0.25, 0.3) is 0 Å². The first-order valence-corrected chi connectivity index (χ1v) is 6.16. The van der Waals surface area contributed by atoms with E-state index in [-0.39, 0.29) is 0 Å². The molecule has 104 valence electrons. The van der Waals surface area contributed by atoms with Crippen LogP contribution in [-0.4, -0.2) is 37.1 Å². The fraction of sp³-hybridized carbons (Fsp3) is 0.385. The molecule has 0 aliphatic carbocycles. The molecular formula is C13H17ClN2O3. The van der Waals surface area contributed by atoms with Crippen LogP contribution in [0.2, 0.25) is 5.02 Å². The zero-order valence-corrected chi connectivity index (χ0v) is 11.9. The van der Waals surface area contributed by atoms with Crippen LogP contribution >= 0.6 is 11.6 Å². The molecule has 1 aromatic rings. The van der Waals surface area contributed by atoms with Crippen LogP contribution in [0.3, 0.4) is 0 Å². The highest BCUT2D eigenvalue weighted by Gasteiger charge is 2.20. The van der Waals surface area contributed by atoms with Gasteiger partial charge in [-0.2, -0.15) is 0 Å². The fourth-order valence-corrected chi connectivity index (χ4v) is 1.68. The molecule has 0 saturated heterocycles. The molecule has 6 heteroatoms. The molecule has 0 spiro atoms. The maximum absolute atomic E-state index is 11.7. The number of halogens is 1. The predicted octanol–water partition coefficient (Wildman–Crippen LogP) is 2.04. The van der Waals surface area contributed by atoms with Crippen molar-refractivity contribution in [3.05, 3.63) is 34.9 Å². The van der Waals surface area contributed by atoms with E-state index in [0.717, 1.165) is 5.56 Å². The first-order valence-electron chi connectivity index (χ1n) is 5.78. The summed E-state index contributed by atoms with van der Waals surface area (Å²) in [6, 6.07) is 6.94. The van der Waals surface area contributed by atoms with Gasteiger partial charge >= 0.3 is 6.09 Å². The fourth-order valence-electron chi connectivity index (χ4n) is 1.49. The first-order chi connectivity index (χ1) is 8.95. The zero-order chi connectivity index (χ0) is 14.4. The van der Waals surface area contributed by atoms with E-state index in [9.17, 15) is 9.59 Å². The molecule has 0 aliphatic rings. The molecule has 0 aromatic heterocycles. The first kappa shape index (κ1) is 15.5. The Morgan fingerprint density at radius 3 is 2.63 bits per heavy atom. The van der Waals surface area contributed by atoms with Crippen molar-refractivity contribution in [1.29, 1.82) is 0 Å². The van der Waals surface area contributed by atoms with Gasteiger partial charge in [-0.05, 0) is 25.6 Å². The molecule has 2 amide bonds. The van der Waals surface area contributed by atoms with E-state index in [4.69, 9.17) is 11.6 Å². The third-order valence-electron chi connectivity index (χ3n) is 2.83. The average molecular weight is 285 g/mol. The Balaban J connectivity index is 2.62. The third kappa shape index (κ3) is 4.54. The smallest absolute Gasteiger partial charge is 0.413 e. The standard InChI is InChI=1S/C13H17ClN2O3/c1-9(12(17)15-13(18)19-3)16(2)8-10-6-4-5-7-11(10)14/h4-7,9H,8H2,1-3H3,(H,15,17,18)/t9-/m0/s1. The minimum atomic E-state index is -0.761. The second-order valence-electron chi connectivity index (χ2n) is 4.16. The lowest BCUT2D eigenvalue weighted by atomic mass is 10.2. The zero-order valence-electron chi connectivity index (χ0n) is 11.1. The summed E-state index contributed by atoms with van der Waals surface area (Å²) in [7, 11) is 2.99. The number of methoxy groups -OCH3 is 1. The lowest BCUT2D eigenvalue weighted by Gasteiger charge is -2.23. The van der Waals surface area contributed by atoms with Gasteiger partial charge < -0.3 is 4.74 Å². The second kappa shape index (κ2) is 7.11. The summed E-state index contributed by atoms with van der Waals surface area (Å²) in [6.45, 7) is 2.21. The molecule has 1 atom stereocenters. The van der Waals surface area contributed by atoms with Gasteiger partial charge in [-0.1, -0.05) is 29.8 Å². The number of nitrogens with zero attached hydrogens (tertiary/aromatic N) is 1. The number of carbonyl (C=O) groups is 2. The Morgan fingerprint density at radius 2 is 2.05 bits per heavy atom. The largest absolute Gasteiger partial charge is 0.453 e. The maximum Gasteiger partial charge on any atom is 0.413 e. The highest BCUT2D eigenvalue weighted by atomic mass is 35.5. The van der Waals surface area contributed by atoms with Gasteiger partial charge in [0.15, 0.2) is 0 Å². The van der Waals surface area contributed by atoms with Gasteiger partial charge in [-0.3, -0.25) is 15.0 Å². The Labute approximate surface area is 117 Å². The molecule has 0 unspecified atom stereocenters. The molecule has 1 N–H and O–H groups in total. The summed E-state index contributed by atoms with van der Waals surface area (Å²) in [6.07, 6.45) is -0.761. The normalized spacial score (nSPS) is 12.1. The Hall–Kier alpha value is -1.59. The summed E-state index contributed by atoms with van der Waals surface area (Å²) in [4.78, 5) is 24.5. The number of carbonyl (C=O) groups excluding carboxylic acids is 2. The van der Waals surface area contributed by atoms with Crippen LogP contribution in [0, 0.1) is 0 Å². The third-order valence-corrected chi connectivity index (χ3v) is 3.20. The highest BCUT2D eigenvalue weighted by Crippen LogP contribution is 2.17. The van der Waals surface area contributed by atoms with Crippen molar-refractivity contribution in [3.63, 3.8) is 0 Å².